The van der Waals surface area contributed by atoms with Crippen LogP contribution in [0.2, 0.25) is 0 Å². The normalized spacial score (nSPS) is 11.6. The Morgan fingerprint density at radius 1 is 1.18 bits per heavy atom. The maximum absolute atomic E-state index is 11.1. The summed E-state index contributed by atoms with van der Waals surface area (Å²) in [4.78, 5) is 0. The van der Waals surface area contributed by atoms with E-state index in [1.807, 2.05) is 0 Å². The van der Waals surface area contributed by atoms with Gasteiger partial charge < -0.3 is 9.47 Å². The Labute approximate surface area is 105 Å². The predicted molar refractivity (Wildman–Crippen MR) is 65.8 cm³/mol. The van der Waals surface area contributed by atoms with E-state index in [1.165, 1.54) is 21.3 Å². The van der Waals surface area contributed by atoms with Crippen LogP contribution in [0.4, 0.5) is 0 Å². The number of methoxy groups -OCH3 is 2. The van der Waals surface area contributed by atoms with Gasteiger partial charge in [0.05, 0.1) is 14.2 Å². The number of ether oxygens (including phenoxy) is 2. The van der Waals surface area contributed by atoms with Crippen LogP contribution >= 0.6 is 10.7 Å². The Kier molecular flexibility index (Phi) is 4.62. The highest BCUT2D eigenvalue weighted by atomic mass is 35.7. The van der Waals surface area contributed by atoms with Crippen molar-refractivity contribution in [3.05, 3.63) is 23.8 Å². The Balaban J connectivity index is 2.98. The highest BCUT2D eigenvalue weighted by molar-refractivity contribution is 8.11. The van der Waals surface area contributed by atoms with Gasteiger partial charge in [-0.25, -0.2) is 0 Å². The van der Waals surface area contributed by atoms with Gasteiger partial charge in [0, 0.05) is 30.3 Å². The summed E-state index contributed by atoms with van der Waals surface area (Å²) < 4.78 is 33.3. The molecule has 0 atom stereocenters. The van der Waals surface area contributed by atoms with Gasteiger partial charge in [-0.05, 0) is 17.7 Å². The molecule has 0 unspecified atom stereocenters. The number of nitrogens with zero attached hydrogens (tertiary/aromatic N) is 1. The molecule has 96 valence electrons. The van der Waals surface area contributed by atoms with Crippen molar-refractivity contribution in [1.29, 1.82) is 0 Å². The molecule has 17 heavy (non-hydrogen) atoms. The van der Waals surface area contributed by atoms with Crippen molar-refractivity contribution in [1.82, 2.24) is 4.31 Å². The van der Waals surface area contributed by atoms with Crippen LogP contribution in [0.15, 0.2) is 18.2 Å². The van der Waals surface area contributed by atoms with Gasteiger partial charge in [0.2, 0.25) is 0 Å². The van der Waals surface area contributed by atoms with Crippen LogP contribution in [0.3, 0.4) is 0 Å². The summed E-state index contributed by atoms with van der Waals surface area (Å²) in [7, 11) is 5.95. The topological polar surface area (TPSA) is 55.8 Å². The number of hydrogen-bond donors (Lipinski definition) is 0. The van der Waals surface area contributed by atoms with Gasteiger partial charge in [0.15, 0.2) is 0 Å². The van der Waals surface area contributed by atoms with Crippen LogP contribution < -0.4 is 9.47 Å². The van der Waals surface area contributed by atoms with Gasteiger partial charge in [-0.15, -0.1) is 0 Å². The van der Waals surface area contributed by atoms with Crippen LogP contribution in [0.1, 0.15) is 5.56 Å². The van der Waals surface area contributed by atoms with Crippen LogP contribution in [-0.4, -0.2) is 34.0 Å². The highest BCUT2D eigenvalue weighted by Gasteiger charge is 2.14. The highest BCUT2D eigenvalue weighted by Crippen LogP contribution is 2.23. The van der Waals surface area contributed by atoms with E-state index in [2.05, 4.69) is 0 Å². The molecule has 1 rings (SSSR count). The van der Waals surface area contributed by atoms with Crippen LogP contribution in [0.25, 0.3) is 0 Å². The minimum absolute atomic E-state index is 0.152. The van der Waals surface area contributed by atoms with Gasteiger partial charge >= 0.3 is 0 Å². The average Bonchev–Trinajstić information content (AvgIpc) is 2.27. The third-order valence-electron chi connectivity index (χ3n) is 2.19. The van der Waals surface area contributed by atoms with E-state index in [1.54, 1.807) is 18.2 Å². The fourth-order valence-electron chi connectivity index (χ4n) is 1.29. The first kappa shape index (κ1) is 14.1. The fraction of sp³-hybridized carbons (Fsp3) is 0.400. The lowest BCUT2D eigenvalue weighted by Gasteiger charge is -2.14. The van der Waals surface area contributed by atoms with Crippen molar-refractivity contribution in [2.75, 3.05) is 21.3 Å². The van der Waals surface area contributed by atoms with E-state index in [0.717, 1.165) is 9.87 Å². The van der Waals surface area contributed by atoms with Crippen molar-refractivity contribution in [2.24, 2.45) is 0 Å². The number of hydrogen-bond acceptors (Lipinski definition) is 4. The second kappa shape index (κ2) is 5.57. The molecule has 0 amide bonds. The van der Waals surface area contributed by atoms with E-state index >= 15 is 0 Å². The Morgan fingerprint density at radius 3 is 2.00 bits per heavy atom. The maximum Gasteiger partial charge on any atom is 0.299 e. The molecule has 0 bridgehead atoms. The molecule has 0 aliphatic carbocycles. The molecule has 0 N–H and O–H groups in total. The fourth-order valence-corrected chi connectivity index (χ4v) is 1.74. The number of benzene rings is 1. The SMILES string of the molecule is COc1cc(CN(C)S(=O)(=O)Cl)cc(OC)c1. The van der Waals surface area contributed by atoms with Crippen molar-refractivity contribution in [2.45, 2.75) is 6.54 Å². The minimum Gasteiger partial charge on any atom is -0.497 e. The number of rotatable bonds is 5. The molecule has 0 spiro atoms. The summed E-state index contributed by atoms with van der Waals surface area (Å²) >= 11 is 0. The molecule has 0 radical (unpaired) electrons. The first-order chi connectivity index (χ1) is 7.86. The molecule has 0 heterocycles. The zero-order valence-corrected chi connectivity index (χ0v) is 11.4. The van der Waals surface area contributed by atoms with Crippen molar-refractivity contribution in [3.8, 4) is 11.5 Å². The Bertz CT molecular complexity index is 467. The van der Waals surface area contributed by atoms with E-state index in [4.69, 9.17) is 20.2 Å². The van der Waals surface area contributed by atoms with Crippen LogP contribution in [0.5, 0.6) is 11.5 Å². The second-order valence-corrected chi connectivity index (χ2v) is 6.04. The summed E-state index contributed by atoms with van der Waals surface area (Å²) in [5.74, 6) is 1.19. The zero-order valence-electron chi connectivity index (χ0n) is 9.81. The lowest BCUT2D eigenvalue weighted by molar-refractivity contribution is 0.391. The summed E-state index contributed by atoms with van der Waals surface area (Å²) in [5, 5.41) is 0. The summed E-state index contributed by atoms with van der Waals surface area (Å²) in [6.07, 6.45) is 0. The standard InChI is InChI=1S/C10H14ClNO4S/c1-12(17(11,13)14)7-8-4-9(15-2)6-10(5-8)16-3/h4-6H,7H2,1-3H3. The summed E-state index contributed by atoms with van der Waals surface area (Å²) in [6.45, 7) is 0.152. The van der Waals surface area contributed by atoms with Crippen molar-refractivity contribution in [3.63, 3.8) is 0 Å². The zero-order chi connectivity index (χ0) is 13.1. The predicted octanol–water partition coefficient (Wildman–Crippen LogP) is 1.62. The maximum atomic E-state index is 11.1. The molecular formula is C10H14ClNO4S. The quantitative estimate of drug-likeness (QED) is 0.769. The molecular weight excluding hydrogens is 266 g/mol. The van der Waals surface area contributed by atoms with Gasteiger partial charge in [-0.1, -0.05) is 0 Å². The van der Waals surface area contributed by atoms with Gasteiger partial charge in [0.25, 0.3) is 9.24 Å². The molecule has 0 saturated heterocycles. The monoisotopic (exact) mass is 279 g/mol. The molecule has 0 fully saturated rings. The lowest BCUT2D eigenvalue weighted by atomic mass is 10.2. The van der Waals surface area contributed by atoms with Crippen LogP contribution in [-0.2, 0) is 15.8 Å². The number of halogens is 1. The molecule has 5 nitrogen and oxygen atoms in total. The lowest BCUT2D eigenvalue weighted by Crippen LogP contribution is -2.21. The Morgan fingerprint density at radius 2 is 1.65 bits per heavy atom. The third-order valence-corrected chi connectivity index (χ3v) is 3.77. The smallest absolute Gasteiger partial charge is 0.299 e. The molecule has 0 aliphatic heterocycles. The van der Waals surface area contributed by atoms with Crippen molar-refractivity contribution >= 4 is 19.9 Å². The van der Waals surface area contributed by atoms with Gasteiger partial charge in [0.1, 0.15) is 11.5 Å². The summed E-state index contributed by atoms with van der Waals surface area (Å²) in [5.41, 5.74) is 0.730. The first-order valence-corrected chi connectivity index (χ1v) is 7.01. The van der Waals surface area contributed by atoms with E-state index in [-0.39, 0.29) is 6.54 Å². The van der Waals surface area contributed by atoms with Gasteiger partial charge in [-0.2, -0.15) is 12.7 Å². The molecule has 0 saturated carbocycles. The van der Waals surface area contributed by atoms with Gasteiger partial charge in [-0.3, -0.25) is 0 Å². The first-order valence-electron chi connectivity index (χ1n) is 4.74. The van der Waals surface area contributed by atoms with Crippen molar-refractivity contribution < 1.29 is 17.9 Å². The van der Waals surface area contributed by atoms with Crippen LogP contribution in [0, 0.1) is 0 Å². The van der Waals surface area contributed by atoms with E-state index in [0.29, 0.717) is 11.5 Å². The molecule has 1 aromatic rings. The minimum atomic E-state index is -3.72. The van der Waals surface area contributed by atoms with E-state index < -0.39 is 9.24 Å². The Hall–Kier alpha value is -0.980. The summed E-state index contributed by atoms with van der Waals surface area (Å²) in [6, 6.07) is 5.15. The average molecular weight is 280 g/mol. The molecule has 1 aromatic carbocycles. The van der Waals surface area contributed by atoms with E-state index in [9.17, 15) is 8.42 Å². The second-order valence-electron chi connectivity index (χ2n) is 3.42. The third kappa shape index (κ3) is 4.07. The molecule has 0 aromatic heterocycles. The molecule has 0 aliphatic rings. The molecule has 7 heteroatoms. The largest absolute Gasteiger partial charge is 0.497 e.